The van der Waals surface area contributed by atoms with Gasteiger partial charge in [0.25, 0.3) is 0 Å². The summed E-state index contributed by atoms with van der Waals surface area (Å²) in [5.41, 5.74) is 0. The molecule has 0 amide bonds. The van der Waals surface area contributed by atoms with E-state index >= 15 is 0 Å². The maximum atomic E-state index is 9.51. The lowest BCUT2D eigenvalue weighted by Gasteiger charge is -2.21. The topological polar surface area (TPSA) is 32.7 Å². The number of hydrogen-bond donors (Lipinski definition) is 2. The van der Waals surface area contributed by atoms with Crippen molar-refractivity contribution in [3.8, 4) is 0 Å². The SMILES string of the molecule is COCC(O)CN(C)CCC(C)CCS. The van der Waals surface area contributed by atoms with Gasteiger partial charge >= 0.3 is 0 Å². The van der Waals surface area contributed by atoms with E-state index in [-0.39, 0.29) is 6.10 Å². The van der Waals surface area contributed by atoms with E-state index < -0.39 is 0 Å². The van der Waals surface area contributed by atoms with E-state index in [0.717, 1.165) is 25.1 Å². The van der Waals surface area contributed by atoms with Crippen LogP contribution < -0.4 is 0 Å². The zero-order chi connectivity index (χ0) is 11.7. The number of rotatable bonds is 9. The summed E-state index contributed by atoms with van der Waals surface area (Å²) in [6, 6.07) is 0. The van der Waals surface area contributed by atoms with Crippen molar-refractivity contribution in [3.63, 3.8) is 0 Å². The lowest BCUT2D eigenvalue weighted by Crippen LogP contribution is -2.33. The van der Waals surface area contributed by atoms with Crippen molar-refractivity contribution >= 4 is 12.6 Å². The summed E-state index contributed by atoms with van der Waals surface area (Å²) in [6.45, 7) is 4.36. The zero-order valence-electron chi connectivity index (χ0n) is 10.1. The van der Waals surface area contributed by atoms with Crippen molar-refractivity contribution in [1.29, 1.82) is 0 Å². The van der Waals surface area contributed by atoms with Crippen LogP contribution in [-0.4, -0.2) is 55.7 Å². The first-order valence-corrected chi connectivity index (χ1v) is 6.19. The zero-order valence-corrected chi connectivity index (χ0v) is 11.0. The Morgan fingerprint density at radius 3 is 2.60 bits per heavy atom. The van der Waals surface area contributed by atoms with Gasteiger partial charge in [0.15, 0.2) is 0 Å². The molecule has 0 bridgehead atoms. The van der Waals surface area contributed by atoms with Crippen LogP contribution in [-0.2, 0) is 4.74 Å². The highest BCUT2D eigenvalue weighted by Gasteiger charge is 2.09. The van der Waals surface area contributed by atoms with Gasteiger partial charge in [-0.05, 0) is 38.1 Å². The molecule has 0 aromatic heterocycles. The Kier molecular flexibility index (Phi) is 9.60. The van der Waals surface area contributed by atoms with Crippen molar-refractivity contribution in [2.75, 3.05) is 39.6 Å². The molecule has 0 aliphatic rings. The molecule has 2 unspecified atom stereocenters. The van der Waals surface area contributed by atoms with Gasteiger partial charge in [0.05, 0.1) is 12.7 Å². The first-order chi connectivity index (χ1) is 7.10. The van der Waals surface area contributed by atoms with Crippen LogP contribution in [0.1, 0.15) is 19.8 Å². The van der Waals surface area contributed by atoms with Gasteiger partial charge in [0, 0.05) is 13.7 Å². The number of methoxy groups -OCH3 is 1. The Hall–Kier alpha value is 0.230. The third kappa shape index (κ3) is 9.18. The van der Waals surface area contributed by atoms with Crippen LogP contribution >= 0.6 is 12.6 Å². The number of ether oxygens (including phenoxy) is 1. The monoisotopic (exact) mass is 235 g/mol. The fourth-order valence-electron chi connectivity index (χ4n) is 1.50. The summed E-state index contributed by atoms with van der Waals surface area (Å²) < 4.78 is 4.88. The largest absolute Gasteiger partial charge is 0.389 e. The summed E-state index contributed by atoms with van der Waals surface area (Å²) in [5.74, 6) is 1.67. The van der Waals surface area contributed by atoms with Crippen molar-refractivity contribution in [3.05, 3.63) is 0 Å². The van der Waals surface area contributed by atoms with Gasteiger partial charge in [-0.3, -0.25) is 0 Å². The molecule has 0 saturated carbocycles. The molecule has 0 fully saturated rings. The summed E-state index contributed by atoms with van der Waals surface area (Å²) in [7, 11) is 3.64. The normalized spacial score (nSPS) is 15.6. The fourth-order valence-corrected chi connectivity index (χ4v) is 1.94. The van der Waals surface area contributed by atoms with Gasteiger partial charge in [-0.1, -0.05) is 6.92 Å². The van der Waals surface area contributed by atoms with Crippen molar-refractivity contribution in [2.45, 2.75) is 25.9 Å². The minimum absolute atomic E-state index is 0.375. The second-order valence-electron chi connectivity index (χ2n) is 4.28. The minimum atomic E-state index is -0.375. The molecular weight excluding hydrogens is 210 g/mol. The molecule has 2 atom stereocenters. The molecule has 0 spiro atoms. The average Bonchev–Trinajstić information content (AvgIpc) is 2.15. The molecule has 0 aromatic rings. The Morgan fingerprint density at radius 2 is 2.07 bits per heavy atom. The Balaban J connectivity index is 3.51. The summed E-state index contributed by atoms with van der Waals surface area (Å²) in [4.78, 5) is 2.15. The Morgan fingerprint density at radius 1 is 1.40 bits per heavy atom. The summed E-state index contributed by atoms with van der Waals surface area (Å²) in [6.07, 6.45) is 1.95. The minimum Gasteiger partial charge on any atom is -0.389 e. The third-order valence-corrected chi connectivity index (χ3v) is 2.77. The van der Waals surface area contributed by atoms with Crippen molar-refractivity contribution in [1.82, 2.24) is 4.90 Å². The van der Waals surface area contributed by atoms with Crippen molar-refractivity contribution in [2.24, 2.45) is 5.92 Å². The molecular formula is C11H25NO2S. The van der Waals surface area contributed by atoms with Crippen LogP contribution in [0.4, 0.5) is 0 Å². The number of hydrogen-bond acceptors (Lipinski definition) is 4. The average molecular weight is 235 g/mol. The molecule has 0 aliphatic carbocycles. The van der Waals surface area contributed by atoms with Crippen LogP contribution in [0.3, 0.4) is 0 Å². The van der Waals surface area contributed by atoms with Gasteiger partial charge in [0.2, 0.25) is 0 Å². The van der Waals surface area contributed by atoms with E-state index in [2.05, 4.69) is 24.5 Å². The van der Waals surface area contributed by atoms with E-state index in [9.17, 15) is 5.11 Å². The van der Waals surface area contributed by atoms with E-state index in [1.165, 1.54) is 0 Å². The van der Waals surface area contributed by atoms with Crippen LogP contribution in [0.2, 0.25) is 0 Å². The highest BCUT2D eigenvalue weighted by atomic mass is 32.1. The molecule has 0 aliphatic heterocycles. The predicted molar refractivity (Wildman–Crippen MR) is 67.6 cm³/mol. The van der Waals surface area contributed by atoms with Crippen LogP contribution in [0, 0.1) is 5.92 Å². The molecule has 15 heavy (non-hydrogen) atoms. The van der Waals surface area contributed by atoms with Crippen LogP contribution in [0.5, 0.6) is 0 Å². The molecule has 3 nitrogen and oxygen atoms in total. The molecule has 0 heterocycles. The van der Waals surface area contributed by atoms with Gasteiger partial charge < -0.3 is 14.7 Å². The number of aliphatic hydroxyl groups is 1. The smallest absolute Gasteiger partial charge is 0.0899 e. The molecule has 4 heteroatoms. The third-order valence-electron chi connectivity index (χ3n) is 2.51. The molecule has 0 rings (SSSR count). The second-order valence-corrected chi connectivity index (χ2v) is 4.72. The number of thiol groups is 1. The summed E-state index contributed by atoms with van der Waals surface area (Å²) in [5, 5.41) is 9.51. The number of likely N-dealkylation sites (N-methyl/N-ethyl adjacent to an activating group) is 1. The lowest BCUT2D eigenvalue weighted by molar-refractivity contribution is 0.0424. The van der Waals surface area contributed by atoms with Gasteiger partial charge in [-0.25, -0.2) is 0 Å². The van der Waals surface area contributed by atoms with E-state index in [4.69, 9.17) is 4.74 Å². The summed E-state index contributed by atoms with van der Waals surface area (Å²) >= 11 is 4.22. The number of aliphatic hydroxyl groups excluding tert-OH is 1. The highest BCUT2D eigenvalue weighted by Crippen LogP contribution is 2.08. The Labute approximate surface area is 99.2 Å². The predicted octanol–water partition coefficient (Wildman–Crippen LogP) is 1.27. The first-order valence-electron chi connectivity index (χ1n) is 5.56. The van der Waals surface area contributed by atoms with Gasteiger partial charge in [-0.2, -0.15) is 12.6 Å². The quantitative estimate of drug-likeness (QED) is 0.590. The van der Waals surface area contributed by atoms with E-state index in [1.54, 1.807) is 7.11 Å². The molecule has 1 N–H and O–H groups in total. The Bertz CT molecular complexity index is 147. The standard InChI is InChI=1S/C11H25NO2S/c1-10(5-7-15)4-6-12(2)8-11(13)9-14-3/h10-11,13,15H,4-9H2,1-3H3. The van der Waals surface area contributed by atoms with Crippen molar-refractivity contribution < 1.29 is 9.84 Å². The molecule has 92 valence electrons. The van der Waals surface area contributed by atoms with Crippen LogP contribution in [0.25, 0.3) is 0 Å². The first kappa shape index (κ1) is 15.2. The number of nitrogens with zero attached hydrogens (tertiary/aromatic N) is 1. The fraction of sp³-hybridized carbons (Fsp3) is 1.00. The maximum Gasteiger partial charge on any atom is 0.0899 e. The van der Waals surface area contributed by atoms with Crippen LogP contribution in [0.15, 0.2) is 0 Å². The van der Waals surface area contributed by atoms with E-state index in [1.807, 2.05) is 7.05 Å². The van der Waals surface area contributed by atoms with Gasteiger partial charge in [0.1, 0.15) is 0 Å². The van der Waals surface area contributed by atoms with E-state index in [0.29, 0.717) is 19.1 Å². The lowest BCUT2D eigenvalue weighted by atomic mass is 10.1. The second kappa shape index (κ2) is 9.46. The molecule has 0 aromatic carbocycles. The maximum absolute atomic E-state index is 9.51. The highest BCUT2D eigenvalue weighted by molar-refractivity contribution is 7.80. The van der Waals surface area contributed by atoms with Gasteiger partial charge in [-0.15, -0.1) is 0 Å². The molecule has 0 saturated heterocycles. The molecule has 0 radical (unpaired) electrons.